The Bertz CT molecular complexity index is 5610. The van der Waals surface area contributed by atoms with E-state index in [0.717, 1.165) is 10.8 Å². The number of halogens is 1. The van der Waals surface area contributed by atoms with E-state index in [9.17, 15) is 56.7 Å². The number of nitrogens with zero attached hydrogens (tertiary/aromatic N) is 3. The number of hydrogen-bond acceptors (Lipinski definition) is 21. The van der Waals surface area contributed by atoms with E-state index in [2.05, 4.69) is 94.4 Å². The Balaban J connectivity index is 0.944. The third-order valence-corrected chi connectivity index (χ3v) is 23.8. The highest BCUT2D eigenvalue weighted by atomic mass is 35.5. The van der Waals surface area contributed by atoms with Crippen molar-refractivity contribution in [3.05, 3.63) is 209 Å². The third-order valence-electron chi connectivity index (χ3n) is 22.0. The molecule has 10 rings (SSSR count). The second-order valence-corrected chi connectivity index (χ2v) is 35.6. The van der Waals surface area contributed by atoms with Crippen molar-refractivity contribution in [3.8, 4) is 0 Å². The molecule has 38 nitrogen and oxygen atoms in total. The monoisotopic (exact) mass is 1860 g/mol. The minimum Gasteiger partial charge on any atom is -0.394 e. The van der Waals surface area contributed by atoms with Crippen molar-refractivity contribution < 1.29 is 85.4 Å². The highest BCUT2D eigenvalue weighted by Gasteiger charge is 2.41. The fourth-order valence-electron chi connectivity index (χ4n) is 15.1. The number of para-hydroxylation sites is 1. The number of benzene rings is 6. The number of rotatable bonds is 46. The summed E-state index contributed by atoms with van der Waals surface area (Å²) in [5.74, 6) is -11.3. The number of pyridine rings is 2. The average Bonchev–Trinajstić information content (AvgIpc) is 1.78. The first kappa shape index (κ1) is 101. The topological polar surface area (TPSA) is 558 Å². The SMILES string of the molecule is CC(=O)N[C@H](Cc1ccc2ccccc2c1)C(=O)N[C@H](Cc1ccc(Cl)cc1)C(=O)N[C@H](Cc1cccnc1)C(=O)N[C@@H](CO)C(=O)N[C@@H](Cc1ccc(NC(=O)C2CC(=O)NC(=O)N2)cc1)C(=O)N[C@H](Cc1ccc(NC(=O)NCCNS(=O)(=O)c2cccc3cccnc23)cc1)C(=O)N[C@@H](CC(C)C)C(=O)N[C@@H](CCCCNC(C)C)C(=O)N1CCC[C@H]1C(=O)N[C@H](C)C(N)=O. The Hall–Kier alpha value is -13.9. The molecular formula is C93H113ClN20O18S. The van der Waals surface area contributed by atoms with E-state index in [1.54, 1.807) is 74.5 Å². The second-order valence-electron chi connectivity index (χ2n) is 33.4. The Labute approximate surface area is 773 Å². The molecule has 0 aliphatic carbocycles. The molecule has 0 spiro atoms. The molecule has 0 saturated carbocycles. The molecule has 2 fully saturated rings. The normalized spacial score (nSPS) is 15.7. The van der Waals surface area contributed by atoms with E-state index in [1.165, 1.54) is 91.9 Å². The number of unbranched alkanes of at least 4 members (excludes halogenated alkanes) is 1. The number of aromatic nitrogens is 2. The zero-order chi connectivity index (χ0) is 96.0. The summed E-state index contributed by atoms with van der Waals surface area (Å²) in [6.45, 7) is 9.21. The van der Waals surface area contributed by atoms with Crippen molar-refractivity contribution in [3.63, 3.8) is 0 Å². The van der Waals surface area contributed by atoms with Crippen molar-refractivity contribution in [2.45, 2.75) is 196 Å². The highest BCUT2D eigenvalue weighted by molar-refractivity contribution is 7.89. The quantitative estimate of drug-likeness (QED) is 0.0244. The Morgan fingerprint density at radius 3 is 1.62 bits per heavy atom. The molecule has 6 aromatic carbocycles. The second kappa shape index (κ2) is 48.8. The smallest absolute Gasteiger partial charge is 0.322 e. The van der Waals surface area contributed by atoms with Crippen LogP contribution < -0.4 is 90.2 Å². The Morgan fingerprint density at radius 2 is 1.05 bits per heavy atom. The van der Waals surface area contributed by atoms with Crippen LogP contribution in [0.1, 0.15) is 114 Å². The molecule has 706 valence electrons. The molecule has 0 bridgehead atoms. The van der Waals surface area contributed by atoms with Crippen molar-refractivity contribution in [2.24, 2.45) is 11.7 Å². The van der Waals surface area contributed by atoms with Crippen LogP contribution in [0, 0.1) is 5.92 Å². The van der Waals surface area contributed by atoms with Gasteiger partial charge in [-0.2, -0.15) is 0 Å². The lowest BCUT2D eigenvalue weighted by molar-refractivity contribution is -0.142. The third kappa shape index (κ3) is 30.9. The fourth-order valence-corrected chi connectivity index (χ4v) is 16.5. The van der Waals surface area contributed by atoms with E-state index in [4.69, 9.17) is 17.3 Å². The van der Waals surface area contributed by atoms with Gasteiger partial charge >= 0.3 is 12.1 Å². The maximum Gasteiger partial charge on any atom is 0.322 e. The number of urea groups is 2. The van der Waals surface area contributed by atoms with E-state index >= 15 is 28.8 Å². The number of fused-ring (bicyclic) bond motifs is 2. The predicted octanol–water partition coefficient (Wildman–Crippen LogP) is 2.67. The first-order valence-electron chi connectivity index (χ1n) is 43.8. The number of amides is 17. The number of hydrogen-bond donors (Lipinski definition) is 18. The molecule has 19 N–H and O–H groups in total. The first-order valence-corrected chi connectivity index (χ1v) is 45.6. The summed E-state index contributed by atoms with van der Waals surface area (Å²) in [6.07, 6.45) is 4.14. The number of sulfonamides is 1. The number of carbonyl (C=O) groups is 15. The molecule has 2 aliphatic rings. The van der Waals surface area contributed by atoms with Gasteiger partial charge in [-0.25, -0.2) is 22.7 Å². The number of likely N-dealkylation sites (tertiary alicyclic amines) is 1. The van der Waals surface area contributed by atoms with E-state index < -0.39 is 185 Å². The van der Waals surface area contributed by atoms with E-state index in [-0.39, 0.29) is 104 Å². The Morgan fingerprint density at radius 1 is 0.534 bits per heavy atom. The van der Waals surface area contributed by atoms with E-state index in [1.807, 2.05) is 56.3 Å². The van der Waals surface area contributed by atoms with Gasteiger partial charge in [-0.05, 0) is 151 Å². The molecule has 1 unspecified atom stereocenters. The maximum atomic E-state index is 15.7. The zero-order valence-electron chi connectivity index (χ0n) is 74.4. The molecular weight excluding hydrogens is 1750 g/mol. The van der Waals surface area contributed by atoms with Crippen LogP contribution in [0.3, 0.4) is 0 Å². The van der Waals surface area contributed by atoms with Gasteiger partial charge in [-0.1, -0.05) is 142 Å². The van der Waals surface area contributed by atoms with Gasteiger partial charge in [-0.3, -0.25) is 77.6 Å². The lowest BCUT2D eigenvalue weighted by atomic mass is 9.99. The van der Waals surface area contributed by atoms with Crippen LogP contribution in [0.4, 0.5) is 21.0 Å². The maximum absolute atomic E-state index is 15.7. The lowest BCUT2D eigenvalue weighted by Crippen LogP contribution is -2.62. The summed E-state index contributed by atoms with van der Waals surface area (Å²) in [5.41, 5.74) is 8.22. The molecule has 11 atom stereocenters. The number of carbonyl (C=O) groups excluding carboxylic acids is 15. The number of imide groups is 1. The van der Waals surface area contributed by atoms with Crippen molar-refractivity contribution in [2.75, 3.05) is 43.4 Å². The van der Waals surface area contributed by atoms with Gasteiger partial charge in [0, 0.05) is 105 Å². The zero-order valence-corrected chi connectivity index (χ0v) is 75.9. The molecule has 2 aliphatic heterocycles. The first-order chi connectivity index (χ1) is 63.5. The van der Waals surface area contributed by atoms with Gasteiger partial charge in [0.05, 0.1) is 18.5 Å². The van der Waals surface area contributed by atoms with Crippen molar-refractivity contribution in [1.29, 1.82) is 0 Å². The summed E-state index contributed by atoms with van der Waals surface area (Å²) in [4.78, 5) is 221. The van der Waals surface area contributed by atoms with Crippen LogP contribution in [0.5, 0.6) is 0 Å². The minimum atomic E-state index is -4.10. The number of aliphatic hydroxyl groups is 1. The summed E-state index contributed by atoms with van der Waals surface area (Å²) < 4.78 is 29.3. The molecule has 17 amide bonds. The van der Waals surface area contributed by atoms with Crippen LogP contribution in [-0.4, -0.2) is 223 Å². The predicted molar refractivity (Wildman–Crippen MR) is 495 cm³/mol. The van der Waals surface area contributed by atoms with Gasteiger partial charge in [0.1, 0.15) is 71.4 Å². The van der Waals surface area contributed by atoms with Gasteiger partial charge in [0.25, 0.3) is 0 Å². The lowest BCUT2D eigenvalue weighted by Gasteiger charge is -2.31. The molecule has 2 saturated heterocycles. The average molecular weight is 1870 g/mol. The van der Waals surface area contributed by atoms with Gasteiger partial charge in [0.2, 0.25) is 86.8 Å². The molecule has 2 aromatic heterocycles. The largest absolute Gasteiger partial charge is 0.394 e. The van der Waals surface area contributed by atoms with Gasteiger partial charge in [-0.15, -0.1) is 0 Å². The number of anilines is 2. The van der Waals surface area contributed by atoms with E-state index in [0.29, 0.717) is 58.5 Å². The molecule has 40 heteroatoms. The number of aliphatic hydroxyl groups excluding tert-OH is 1. The Kier molecular flexibility index (Phi) is 37.2. The summed E-state index contributed by atoms with van der Waals surface area (Å²) in [7, 11) is -4.10. The number of primary amides is 1. The highest BCUT2D eigenvalue weighted by Crippen LogP contribution is 2.25. The van der Waals surface area contributed by atoms with Crippen LogP contribution in [-0.2, 0) is 104 Å². The van der Waals surface area contributed by atoms with Crippen molar-refractivity contribution in [1.82, 2.24) is 88.7 Å². The van der Waals surface area contributed by atoms with Gasteiger partial charge in [0.15, 0.2) is 0 Å². The van der Waals surface area contributed by atoms with Crippen molar-refractivity contribution >= 4 is 144 Å². The standard InChI is InChI=1S/C93H113ClN20O18S/c1-53(2)43-69(83(120)105-68(20-9-10-38-97-54(3)4)91(128)114-42-14-21-77(114)90(127)101-55(5)81(95)118)106-85(122)72(46-59-28-35-67(36-29-59)104-92(129)99-40-41-100-133(131,132)78-22-11-18-63-19-13-39-98-80(63)78)108-87(124)73(47-58-26-33-66(34-27-58)103-82(119)75-50-79(117)113-93(130)112-75)110-89(126)76(52-115)111-88(125)74(49-61-15-12-37-96-51-61)109-86(123)71(45-57-24-31-65(94)32-25-57)107-84(121)70(102-56(6)116)48-60-23-30-62-16-7-8-17-64(62)44-60/h7-8,11-13,15-19,22-37,39,44,51,53-55,68-77,97,100,115H,9-10,14,20-21,38,40-43,45-50,52H2,1-6H3,(H2,95,118)(H,101,127)(H,102,116)(H,103,119)(H,105,120)(H,106,122)(H,107,121)(H,108,124)(H,109,123)(H,110,126)(H,111,125)(H2,99,104,129)(H2,112,113,117,130)/t55-,68+,69+,70-,71-,72-,73+,74-,75?,76+,77+/m1/s1. The molecule has 4 heterocycles. The molecule has 8 aromatic rings. The van der Waals surface area contributed by atoms with Gasteiger partial charge < -0.3 is 90.2 Å². The van der Waals surface area contributed by atoms with Crippen LogP contribution in [0.25, 0.3) is 21.7 Å². The number of nitrogens with two attached hydrogens (primary N) is 1. The minimum absolute atomic E-state index is 0.0111. The summed E-state index contributed by atoms with van der Waals surface area (Å²) in [5, 5.41) is 54.0. The van der Waals surface area contributed by atoms with Crippen LogP contribution in [0.2, 0.25) is 5.02 Å². The summed E-state index contributed by atoms with van der Waals surface area (Å²) >= 11 is 6.29. The molecule has 133 heavy (non-hydrogen) atoms. The van der Waals surface area contributed by atoms with Crippen LogP contribution >= 0.6 is 11.6 Å². The summed E-state index contributed by atoms with van der Waals surface area (Å²) in [6, 6.07) is 24.9. The number of nitrogens with one attached hydrogen (secondary N) is 16. The molecule has 0 radical (unpaired) electrons. The fraction of sp³-hybridized carbons (Fsp3) is 0.387. The van der Waals surface area contributed by atoms with Crippen LogP contribution in [0.15, 0.2) is 181 Å².